The van der Waals surface area contributed by atoms with Crippen LogP contribution in [0.2, 0.25) is 0 Å². The summed E-state index contributed by atoms with van der Waals surface area (Å²) in [6, 6.07) is 1.70. The van der Waals surface area contributed by atoms with Crippen LogP contribution in [0.4, 0.5) is 8.78 Å². The number of benzene rings is 1. The van der Waals surface area contributed by atoms with Crippen LogP contribution in [0.5, 0.6) is 0 Å². The predicted molar refractivity (Wildman–Crippen MR) is 61.1 cm³/mol. The van der Waals surface area contributed by atoms with Crippen LogP contribution in [-0.2, 0) is 0 Å². The molecule has 1 N–H and O–H groups in total. The first kappa shape index (κ1) is 12.2. The molecule has 2 nitrogen and oxygen atoms in total. The quantitative estimate of drug-likeness (QED) is 0.804. The van der Waals surface area contributed by atoms with E-state index in [2.05, 4.69) is 5.32 Å². The fourth-order valence-electron chi connectivity index (χ4n) is 2.10. The van der Waals surface area contributed by atoms with Gasteiger partial charge in [0.1, 0.15) is 11.6 Å². The Bertz CT molecular complexity index is 439. The molecule has 0 saturated carbocycles. The summed E-state index contributed by atoms with van der Waals surface area (Å²) < 4.78 is 27.0. The maximum atomic E-state index is 13.6. The summed E-state index contributed by atoms with van der Waals surface area (Å²) in [7, 11) is 0. The molecule has 0 bridgehead atoms. The topological polar surface area (TPSA) is 29.1 Å². The Kier molecular flexibility index (Phi) is 3.52. The van der Waals surface area contributed by atoms with Crippen molar-refractivity contribution in [3.63, 3.8) is 0 Å². The molecule has 1 fully saturated rings. The van der Waals surface area contributed by atoms with Crippen molar-refractivity contribution in [2.75, 3.05) is 6.54 Å². The summed E-state index contributed by atoms with van der Waals surface area (Å²) in [5.41, 5.74) is 0.0724. The highest BCUT2D eigenvalue weighted by molar-refractivity contribution is 6.00. The van der Waals surface area contributed by atoms with E-state index in [0.717, 1.165) is 31.5 Å². The van der Waals surface area contributed by atoms with Gasteiger partial charge in [-0.2, -0.15) is 0 Å². The number of Topliss-reactive ketones (excluding diaryl/α,β-unsaturated/α-hetero) is 1. The molecule has 1 aliphatic rings. The molecule has 1 unspecified atom stereocenters. The number of carbonyl (C=O) groups is 1. The van der Waals surface area contributed by atoms with Gasteiger partial charge in [-0.25, -0.2) is 8.78 Å². The maximum absolute atomic E-state index is 13.6. The van der Waals surface area contributed by atoms with E-state index in [1.165, 1.54) is 6.92 Å². The van der Waals surface area contributed by atoms with Gasteiger partial charge in [0.25, 0.3) is 0 Å². The van der Waals surface area contributed by atoms with Crippen LogP contribution < -0.4 is 5.32 Å². The molecule has 0 aliphatic carbocycles. The molecule has 4 heteroatoms. The van der Waals surface area contributed by atoms with Crippen molar-refractivity contribution in [3.8, 4) is 0 Å². The third kappa shape index (κ3) is 2.52. The highest BCUT2D eigenvalue weighted by atomic mass is 19.1. The Hall–Kier alpha value is -1.29. The van der Waals surface area contributed by atoms with E-state index < -0.39 is 11.6 Å². The van der Waals surface area contributed by atoms with Gasteiger partial charge < -0.3 is 5.32 Å². The highest BCUT2D eigenvalue weighted by Gasteiger charge is 2.24. The van der Waals surface area contributed by atoms with Crippen molar-refractivity contribution in [2.45, 2.75) is 32.2 Å². The highest BCUT2D eigenvalue weighted by Crippen LogP contribution is 2.18. The van der Waals surface area contributed by atoms with Gasteiger partial charge in [-0.1, -0.05) is 6.42 Å². The SMILES string of the molecule is Cc1cc(F)c(C(=O)C2CCCCN2)cc1F. The lowest BCUT2D eigenvalue weighted by molar-refractivity contribution is 0.0922. The average Bonchev–Trinajstić information content (AvgIpc) is 2.34. The third-order valence-electron chi connectivity index (χ3n) is 3.14. The first-order chi connectivity index (χ1) is 8.09. The second-order valence-electron chi connectivity index (χ2n) is 4.45. The number of hydrogen-bond donors (Lipinski definition) is 1. The number of rotatable bonds is 2. The molecular formula is C13H15F2NO. The number of aryl methyl sites for hydroxylation is 1. The number of halogens is 2. The lowest BCUT2D eigenvalue weighted by atomic mass is 9.95. The van der Waals surface area contributed by atoms with Gasteiger partial charge in [-0.05, 0) is 44.0 Å². The van der Waals surface area contributed by atoms with Crippen LogP contribution in [0.25, 0.3) is 0 Å². The average molecular weight is 239 g/mol. The molecule has 1 saturated heterocycles. The van der Waals surface area contributed by atoms with Crippen LogP contribution >= 0.6 is 0 Å². The van der Waals surface area contributed by atoms with Crippen molar-refractivity contribution < 1.29 is 13.6 Å². The van der Waals surface area contributed by atoms with E-state index >= 15 is 0 Å². The molecule has 17 heavy (non-hydrogen) atoms. The first-order valence-corrected chi connectivity index (χ1v) is 5.83. The number of hydrogen-bond acceptors (Lipinski definition) is 2. The second-order valence-corrected chi connectivity index (χ2v) is 4.45. The van der Waals surface area contributed by atoms with Crippen molar-refractivity contribution in [2.24, 2.45) is 0 Å². The molecule has 92 valence electrons. The summed E-state index contributed by atoms with van der Waals surface area (Å²) in [6.07, 6.45) is 2.65. The smallest absolute Gasteiger partial charge is 0.182 e. The molecule has 1 aromatic carbocycles. The Morgan fingerprint density at radius 3 is 2.71 bits per heavy atom. The lowest BCUT2D eigenvalue weighted by Gasteiger charge is -2.22. The van der Waals surface area contributed by atoms with Gasteiger partial charge >= 0.3 is 0 Å². The summed E-state index contributed by atoms with van der Waals surface area (Å²) >= 11 is 0. The van der Waals surface area contributed by atoms with Crippen LogP contribution in [0.3, 0.4) is 0 Å². The first-order valence-electron chi connectivity index (χ1n) is 5.83. The maximum Gasteiger partial charge on any atom is 0.182 e. The van der Waals surface area contributed by atoms with E-state index in [0.29, 0.717) is 6.42 Å². The Morgan fingerprint density at radius 1 is 1.29 bits per heavy atom. The molecule has 1 aliphatic heterocycles. The van der Waals surface area contributed by atoms with Crippen LogP contribution in [-0.4, -0.2) is 18.4 Å². The molecule has 0 aromatic heterocycles. The van der Waals surface area contributed by atoms with E-state index in [4.69, 9.17) is 0 Å². The molecule has 1 aromatic rings. The number of ketones is 1. The van der Waals surface area contributed by atoms with Gasteiger partial charge in [-0.15, -0.1) is 0 Å². The zero-order chi connectivity index (χ0) is 12.4. The minimum absolute atomic E-state index is 0.146. The van der Waals surface area contributed by atoms with E-state index in [1.807, 2.05) is 0 Å². The predicted octanol–water partition coefficient (Wildman–Crippen LogP) is 2.60. The van der Waals surface area contributed by atoms with Gasteiger partial charge in [0.05, 0.1) is 11.6 Å². The molecular weight excluding hydrogens is 224 g/mol. The van der Waals surface area contributed by atoms with Crippen molar-refractivity contribution in [1.29, 1.82) is 0 Å². The second kappa shape index (κ2) is 4.92. The van der Waals surface area contributed by atoms with E-state index in [-0.39, 0.29) is 23.0 Å². The van der Waals surface area contributed by atoms with Crippen LogP contribution in [0, 0.1) is 18.6 Å². The van der Waals surface area contributed by atoms with Crippen molar-refractivity contribution in [3.05, 3.63) is 34.9 Å². The number of piperidine rings is 1. The lowest BCUT2D eigenvalue weighted by Crippen LogP contribution is -2.40. The molecule has 0 spiro atoms. The normalized spacial score (nSPS) is 20.3. The van der Waals surface area contributed by atoms with E-state index in [1.54, 1.807) is 0 Å². The molecule has 0 amide bonds. The third-order valence-corrected chi connectivity index (χ3v) is 3.14. The zero-order valence-corrected chi connectivity index (χ0v) is 9.72. The van der Waals surface area contributed by atoms with Crippen molar-refractivity contribution >= 4 is 5.78 Å². The van der Waals surface area contributed by atoms with Gasteiger partial charge in [0, 0.05) is 0 Å². The van der Waals surface area contributed by atoms with Gasteiger partial charge in [-0.3, -0.25) is 4.79 Å². The van der Waals surface area contributed by atoms with Crippen molar-refractivity contribution in [1.82, 2.24) is 5.32 Å². The molecule has 1 atom stereocenters. The van der Waals surface area contributed by atoms with Gasteiger partial charge in [0.2, 0.25) is 0 Å². The fourth-order valence-corrected chi connectivity index (χ4v) is 2.10. The Balaban J connectivity index is 2.26. The number of nitrogens with one attached hydrogen (secondary N) is 1. The van der Waals surface area contributed by atoms with E-state index in [9.17, 15) is 13.6 Å². The summed E-state index contributed by atoms with van der Waals surface area (Å²) in [5, 5.41) is 3.04. The number of carbonyl (C=O) groups excluding carboxylic acids is 1. The monoisotopic (exact) mass is 239 g/mol. The summed E-state index contributed by atoms with van der Waals surface area (Å²) in [6.45, 7) is 2.23. The Morgan fingerprint density at radius 2 is 2.06 bits per heavy atom. The molecule has 0 radical (unpaired) electrons. The molecule has 2 rings (SSSR count). The molecule has 1 heterocycles. The minimum atomic E-state index is -0.638. The Labute approximate surface area is 99.0 Å². The largest absolute Gasteiger partial charge is 0.307 e. The van der Waals surface area contributed by atoms with Crippen LogP contribution in [0.1, 0.15) is 35.2 Å². The fraction of sp³-hybridized carbons (Fsp3) is 0.462. The zero-order valence-electron chi connectivity index (χ0n) is 9.72. The summed E-state index contributed by atoms with van der Waals surface area (Å²) in [5.74, 6) is -1.52. The minimum Gasteiger partial charge on any atom is -0.307 e. The van der Waals surface area contributed by atoms with Gasteiger partial charge in [0.15, 0.2) is 5.78 Å². The summed E-state index contributed by atoms with van der Waals surface area (Å²) in [4.78, 5) is 12.0. The standard InChI is InChI=1S/C13H15F2NO/c1-8-6-11(15)9(7-10(8)14)13(17)12-4-2-3-5-16-12/h6-7,12,16H,2-5H2,1H3. The van der Waals surface area contributed by atoms with Crippen LogP contribution in [0.15, 0.2) is 12.1 Å².